The summed E-state index contributed by atoms with van der Waals surface area (Å²) < 4.78 is 0. The lowest BCUT2D eigenvalue weighted by molar-refractivity contribution is 0.0697. The lowest BCUT2D eigenvalue weighted by Crippen LogP contribution is -1.94. The van der Waals surface area contributed by atoms with E-state index in [-0.39, 0.29) is 5.56 Å². The van der Waals surface area contributed by atoms with E-state index in [1.54, 1.807) is 36.4 Å². The molecule has 3 nitrogen and oxygen atoms in total. The summed E-state index contributed by atoms with van der Waals surface area (Å²) in [6.45, 7) is 0. The quantitative estimate of drug-likeness (QED) is 0.848. The molecular formula is C16H11NO2. The molecule has 0 unspecified atom stereocenters. The molecule has 92 valence electrons. The lowest BCUT2D eigenvalue weighted by Gasteiger charge is -1.97. The molecule has 2 aromatic rings. The first-order valence-corrected chi connectivity index (χ1v) is 5.70. The van der Waals surface area contributed by atoms with Crippen LogP contribution in [0, 0.1) is 11.3 Å². The average molecular weight is 249 g/mol. The number of nitrogens with zero attached hydrogens (tertiary/aromatic N) is 1. The molecule has 0 spiro atoms. The molecule has 0 amide bonds. The largest absolute Gasteiger partial charge is 0.478 e. The Morgan fingerprint density at radius 1 is 0.947 bits per heavy atom. The van der Waals surface area contributed by atoms with Crippen molar-refractivity contribution in [3.8, 4) is 6.07 Å². The number of hydrogen-bond donors (Lipinski definition) is 1. The fraction of sp³-hybridized carbons (Fsp3) is 0. The summed E-state index contributed by atoms with van der Waals surface area (Å²) in [5.41, 5.74) is 2.81. The van der Waals surface area contributed by atoms with Crippen LogP contribution in [0.3, 0.4) is 0 Å². The number of benzene rings is 2. The summed E-state index contributed by atoms with van der Waals surface area (Å²) in [5, 5.41) is 17.5. The first-order valence-electron chi connectivity index (χ1n) is 5.70. The number of rotatable bonds is 3. The summed E-state index contributed by atoms with van der Waals surface area (Å²) in [6, 6.07) is 16.0. The van der Waals surface area contributed by atoms with E-state index in [9.17, 15) is 4.79 Å². The van der Waals surface area contributed by atoms with Crippen LogP contribution < -0.4 is 0 Å². The fourth-order valence-electron chi connectivity index (χ4n) is 1.60. The zero-order valence-corrected chi connectivity index (χ0v) is 10.1. The Morgan fingerprint density at radius 3 is 1.84 bits per heavy atom. The average Bonchev–Trinajstić information content (AvgIpc) is 2.46. The van der Waals surface area contributed by atoms with E-state index in [4.69, 9.17) is 10.4 Å². The predicted molar refractivity (Wildman–Crippen MR) is 73.5 cm³/mol. The van der Waals surface area contributed by atoms with Crippen molar-refractivity contribution in [2.24, 2.45) is 0 Å². The topological polar surface area (TPSA) is 61.1 Å². The van der Waals surface area contributed by atoms with Crippen LogP contribution in [-0.4, -0.2) is 11.1 Å². The van der Waals surface area contributed by atoms with Gasteiger partial charge in [-0.1, -0.05) is 36.4 Å². The Hall–Kier alpha value is -2.86. The maximum absolute atomic E-state index is 10.7. The molecule has 19 heavy (non-hydrogen) atoms. The van der Waals surface area contributed by atoms with E-state index in [0.29, 0.717) is 5.56 Å². The van der Waals surface area contributed by atoms with Gasteiger partial charge in [0.25, 0.3) is 0 Å². The summed E-state index contributed by atoms with van der Waals surface area (Å²) >= 11 is 0. The first kappa shape index (κ1) is 12.6. The monoisotopic (exact) mass is 249 g/mol. The SMILES string of the molecule is N#Cc1ccc(C=Cc2ccc(C(=O)O)cc2)cc1. The number of carboxylic acid groups (broad SMARTS) is 1. The highest BCUT2D eigenvalue weighted by molar-refractivity contribution is 5.88. The molecule has 0 aliphatic carbocycles. The lowest BCUT2D eigenvalue weighted by atomic mass is 10.1. The molecule has 0 heterocycles. The van der Waals surface area contributed by atoms with E-state index in [1.807, 2.05) is 24.3 Å². The predicted octanol–water partition coefficient (Wildman–Crippen LogP) is 3.43. The van der Waals surface area contributed by atoms with Crippen LogP contribution in [-0.2, 0) is 0 Å². The Balaban J connectivity index is 2.13. The molecule has 0 aliphatic heterocycles. The number of carboxylic acids is 1. The molecule has 2 rings (SSSR count). The Labute approximate surface area is 111 Å². The Morgan fingerprint density at radius 2 is 1.42 bits per heavy atom. The van der Waals surface area contributed by atoms with Gasteiger partial charge in [-0.05, 0) is 35.4 Å². The number of nitriles is 1. The molecule has 0 aliphatic rings. The minimum atomic E-state index is -0.928. The molecule has 0 saturated carbocycles. The fourth-order valence-corrected chi connectivity index (χ4v) is 1.60. The summed E-state index contributed by atoms with van der Waals surface area (Å²) in [7, 11) is 0. The standard InChI is InChI=1S/C16H11NO2/c17-11-14-5-3-12(4-6-14)1-2-13-7-9-15(10-8-13)16(18)19/h1-10H,(H,18,19). The molecule has 0 bridgehead atoms. The van der Waals surface area contributed by atoms with Gasteiger partial charge < -0.3 is 5.11 Å². The van der Waals surface area contributed by atoms with E-state index in [0.717, 1.165) is 11.1 Å². The number of hydrogen-bond acceptors (Lipinski definition) is 2. The van der Waals surface area contributed by atoms with Crippen LogP contribution in [0.1, 0.15) is 27.0 Å². The maximum atomic E-state index is 10.7. The smallest absolute Gasteiger partial charge is 0.335 e. The van der Waals surface area contributed by atoms with Crippen molar-refractivity contribution >= 4 is 18.1 Å². The number of aromatic carboxylic acids is 1. The van der Waals surface area contributed by atoms with Gasteiger partial charge in [-0.25, -0.2) is 4.79 Å². The Kier molecular flexibility index (Phi) is 3.75. The molecule has 3 heteroatoms. The molecule has 0 radical (unpaired) electrons. The van der Waals surface area contributed by atoms with Gasteiger partial charge in [0.05, 0.1) is 17.2 Å². The molecule has 0 saturated heterocycles. The van der Waals surface area contributed by atoms with Gasteiger partial charge in [-0.2, -0.15) is 5.26 Å². The third-order valence-electron chi connectivity index (χ3n) is 2.67. The highest BCUT2D eigenvalue weighted by atomic mass is 16.4. The van der Waals surface area contributed by atoms with Crippen molar-refractivity contribution in [1.82, 2.24) is 0 Å². The van der Waals surface area contributed by atoms with Crippen LogP contribution in [0.2, 0.25) is 0 Å². The van der Waals surface area contributed by atoms with Crippen molar-refractivity contribution in [3.05, 3.63) is 70.8 Å². The van der Waals surface area contributed by atoms with Gasteiger partial charge in [0, 0.05) is 0 Å². The third-order valence-corrected chi connectivity index (χ3v) is 2.67. The van der Waals surface area contributed by atoms with Crippen LogP contribution in [0.4, 0.5) is 0 Å². The second-order valence-electron chi connectivity index (χ2n) is 3.99. The van der Waals surface area contributed by atoms with Gasteiger partial charge in [0.2, 0.25) is 0 Å². The van der Waals surface area contributed by atoms with Crippen molar-refractivity contribution in [2.75, 3.05) is 0 Å². The van der Waals surface area contributed by atoms with Crippen LogP contribution in [0.25, 0.3) is 12.2 Å². The molecular weight excluding hydrogens is 238 g/mol. The van der Waals surface area contributed by atoms with Gasteiger partial charge >= 0.3 is 5.97 Å². The minimum Gasteiger partial charge on any atom is -0.478 e. The van der Waals surface area contributed by atoms with E-state index >= 15 is 0 Å². The van der Waals surface area contributed by atoms with Crippen LogP contribution >= 0.6 is 0 Å². The van der Waals surface area contributed by atoms with Gasteiger partial charge in [-0.3, -0.25) is 0 Å². The second kappa shape index (κ2) is 5.65. The zero-order valence-electron chi connectivity index (χ0n) is 10.1. The molecule has 2 aromatic carbocycles. The van der Waals surface area contributed by atoms with Gasteiger partial charge in [0.15, 0.2) is 0 Å². The third kappa shape index (κ3) is 3.30. The van der Waals surface area contributed by atoms with Crippen molar-refractivity contribution in [1.29, 1.82) is 5.26 Å². The van der Waals surface area contributed by atoms with Crippen LogP contribution in [0.15, 0.2) is 48.5 Å². The maximum Gasteiger partial charge on any atom is 0.335 e. The molecule has 1 N–H and O–H groups in total. The Bertz CT molecular complexity index is 647. The summed E-state index contributed by atoms with van der Waals surface area (Å²) in [6.07, 6.45) is 3.81. The van der Waals surface area contributed by atoms with Crippen molar-refractivity contribution in [2.45, 2.75) is 0 Å². The van der Waals surface area contributed by atoms with E-state index < -0.39 is 5.97 Å². The molecule has 0 aromatic heterocycles. The molecule has 0 fully saturated rings. The molecule has 0 atom stereocenters. The van der Waals surface area contributed by atoms with Crippen LogP contribution in [0.5, 0.6) is 0 Å². The zero-order chi connectivity index (χ0) is 13.7. The highest BCUT2D eigenvalue weighted by Gasteiger charge is 1.99. The normalized spacial score (nSPS) is 10.3. The van der Waals surface area contributed by atoms with E-state index in [1.165, 1.54) is 0 Å². The first-order chi connectivity index (χ1) is 9.19. The minimum absolute atomic E-state index is 0.274. The van der Waals surface area contributed by atoms with Crippen molar-refractivity contribution in [3.63, 3.8) is 0 Å². The highest BCUT2D eigenvalue weighted by Crippen LogP contribution is 2.10. The second-order valence-corrected chi connectivity index (χ2v) is 3.99. The van der Waals surface area contributed by atoms with E-state index in [2.05, 4.69) is 6.07 Å². The van der Waals surface area contributed by atoms with Gasteiger partial charge in [-0.15, -0.1) is 0 Å². The van der Waals surface area contributed by atoms with Gasteiger partial charge in [0.1, 0.15) is 0 Å². The number of carbonyl (C=O) groups is 1. The summed E-state index contributed by atoms with van der Waals surface area (Å²) in [4.78, 5) is 10.7. The van der Waals surface area contributed by atoms with Crippen molar-refractivity contribution < 1.29 is 9.90 Å². The summed E-state index contributed by atoms with van der Waals surface area (Å²) in [5.74, 6) is -0.928.